The highest BCUT2D eigenvalue weighted by Gasteiger charge is 2.26. The van der Waals surface area contributed by atoms with Gasteiger partial charge in [0.1, 0.15) is 0 Å². The molecule has 1 fully saturated rings. The lowest BCUT2D eigenvalue weighted by molar-refractivity contribution is 0.497. The standard InChI is InChI=1S/C5H12O3SSi/c6-9(7,8)10-4-2-1-3-5-10/h10H,1-5H2,(H,6,7,8). The SMILES string of the molecule is O=S(=O)(O)[SiH]1CCCCC1. The topological polar surface area (TPSA) is 54.4 Å². The Morgan fingerprint density at radius 1 is 1.10 bits per heavy atom. The zero-order chi connectivity index (χ0) is 7.61. The van der Waals surface area contributed by atoms with E-state index < -0.39 is 17.5 Å². The molecule has 1 rings (SSSR count). The molecule has 0 amide bonds. The highest BCUT2D eigenvalue weighted by molar-refractivity contribution is 8.14. The zero-order valence-corrected chi connectivity index (χ0v) is 7.76. The summed E-state index contributed by atoms with van der Waals surface area (Å²) in [5.74, 6) is 0. The summed E-state index contributed by atoms with van der Waals surface area (Å²) in [6.07, 6.45) is 3.13. The molecular formula is C5H12O3SSi. The van der Waals surface area contributed by atoms with Crippen LogP contribution in [0.15, 0.2) is 0 Å². The Morgan fingerprint density at radius 2 is 1.60 bits per heavy atom. The molecule has 0 atom stereocenters. The highest BCUT2D eigenvalue weighted by Crippen LogP contribution is 2.21. The third kappa shape index (κ3) is 2.07. The van der Waals surface area contributed by atoms with E-state index in [9.17, 15) is 8.42 Å². The second kappa shape index (κ2) is 3.02. The molecule has 60 valence electrons. The fourth-order valence-corrected chi connectivity index (χ4v) is 6.52. The first-order valence-corrected chi connectivity index (χ1v) is 8.12. The normalized spacial score (nSPS) is 22.9. The molecule has 0 aromatic carbocycles. The van der Waals surface area contributed by atoms with Gasteiger partial charge in [-0.25, -0.2) is 8.42 Å². The summed E-state index contributed by atoms with van der Waals surface area (Å²) in [7, 11) is -5.37. The van der Waals surface area contributed by atoms with Crippen LogP contribution in [0.25, 0.3) is 0 Å². The van der Waals surface area contributed by atoms with Crippen molar-refractivity contribution in [2.24, 2.45) is 0 Å². The minimum absolute atomic E-state index is 0.777. The summed E-state index contributed by atoms with van der Waals surface area (Å²) in [5.41, 5.74) is 0. The molecule has 1 saturated heterocycles. The Kier molecular flexibility index (Phi) is 2.48. The lowest BCUT2D eigenvalue weighted by Crippen LogP contribution is -2.27. The fraction of sp³-hybridized carbons (Fsp3) is 1.00. The maximum atomic E-state index is 10.6. The second-order valence-electron chi connectivity index (χ2n) is 2.77. The van der Waals surface area contributed by atoms with Crippen molar-refractivity contribution in [1.82, 2.24) is 0 Å². The van der Waals surface area contributed by atoms with E-state index in [0.29, 0.717) is 0 Å². The molecule has 5 heteroatoms. The second-order valence-corrected chi connectivity index (χ2v) is 9.99. The molecule has 0 unspecified atom stereocenters. The molecular weight excluding hydrogens is 168 g/mol. The summed E-state index contributed by atoms with van der Waals surface area (Å²) in [6.45, 7) is 0. The van der Waals surface area contributed by atoms with Crippen molar-refractivity contribution in [3.8, 4) is 0 Å². The molecule has 1 N–H and O–H groups in total. The van der Waals surface area contributed by atoms with Gasteiger partial charge in [-0.05, 0) is 12.1 Å². The molecule has 0 aromatic rings. The summed E-state index contributed by atoms with van der Waals surface area (Å²) in [4.78, 5) is 0. The summed E-state index contributed by atoms with van der Waals surface area (Å²) in [6, 6.07) is 1.55. The lowest BCUT2D eigenvalue weighted by atomic mass is 10.3. The first kappa shape index (κ1) is 8.23. The van der Waals surface area contributed by atoms with Crippen LogP contribution < -0.4 is 0 Å². The molecule has 0 aliphatic carbocycles. The van der Waals surface area contributed by atoms with Gasteiger partial charge in [-0.15, -0.1) is 0 Å². The van der Waals surface area contributed by atoms with E-state index in [4.69, 9.17) is 4.55 Å². The van der Waals surface area contributed by atoms with Gasteiger partial charge in [-0.2, -0.15) is 0 Å². The van der Waals surface area contributed by atoms with Crippen LogP contribution in [-0.4, -0.2) is 20.9 Å². The number of hydrogen-bond acceptors (Lipinski definition) is 2. The summed E-state index contributed by atoms with van der Waals surface area (Å²) >= 11 is 0. The Labute approximate surface area is 62.4 Å². The maximum absolute atomic E-state index is 10.6. The Morgan fingerprint density at radius 3 is 1.90 bits per heavy atom. The van der Waals surface area contributed by atoms with E-state index in [-0.39, 0.29) is 0 Å². The Balaban J connectivity index is 2.56. The predicted molar refractivity (Wildman–Crippen MR) is 42.2 cm³/mol. The summed E-state index contributed by atoms with van der Waals surface area (Å²) < 4.78 is 29.9. The van der Waals surface area contributed by atoms with Crippen molar-refractivity contribution in [2.45, 2.75) is 31.4 Å². The number of hydrogen-bond donors (Lipinski definition) is 1. The highest BCUT2D eigenvalue weighted by atomic mass is 32.4. The van der Waals surface area contributed by atoms with Gasteiger partial charge in [0.25, 0.3) is 0 Å². The largest absolute Gasteiger partial charge is 0.292 e. The third-order valence-electron chi connectivity index (χ3n) is 1.97. The number of rotatable bonds is 1. The molecule has 1 aliphatic heterocycles. The molecule has 1 aliphatic rings. The molecule has 0 spiro atoms. The van der Waals surface area contributed by atoms with E-state index in [1.807, 2.05) is 0 Å². The van der Waals surface area contributed by atoms with Gasteiger partial charge in [-0.1, -0.05) is 19.3 Å². The van der Waals surface area contributed by atoms with Crippen molar-refractivity contribution >= 4 is 17.5 Å². The van der Waals surface area contributed by atoms with Gasteiger partial charge in [0.15, 0.2) is 0 Å². The molecule has 0 aromatic heterocycles. The molecule has 0 bridgehead atoms. The van der Waals surface area contributed by atoms with E-state index in [1.54, 1.807) is 0 Å². The Hall–Kier alpha value is 0.127. The average molecular weight is 180 g/mol. The van der Waals surface area contributed by atoms with Crippen LogP contribution in [0.1, 0.15) is 19.3 Å². The van der Waals surface area contributed by atoms with Gasteiger partial charge in [0.2, 0.25) is 17.5 Å². The molecule has 3 nitrogen and oxygen atoms in total. The quantitative estimate of drug-likeness (QED) is 0.479. The van der Waals surface area contributed by atoms with E-state index in [1.165, 1.54) is 0 Å². The minimum atomic E-state index is -3.59. The van der Waals surface area contributed by atoms with Gasteiger partial charge >= 0.3 is 0 Å². The average Bonchev–Trinajstić information content (AvgIpc) is 1.88. The van der Waals surface area contributed by atoms with Gasteiger partial charge in [0.05, 0.1) is 0 Å². The van der Waals surface area contributed by atoms with E-state index >= 15 is 0 Å². The van der Waals surface area contributed by atoms with Crippen molar-refractivity contribution < 1.29 is 13.0 Å². The molecule has 0 radical (unpaired) electrons. The first-order chi connectivity index (χ1) is 4.61. The third-order valence-corrected chi connectivity index (χ3v) is 8.86. The first-order valence-electron chi connectivity index (χ1n) is 3.57. The molecule has 1 heterocycles. The van der Waals surface area contributed by atoms with Crippen molar-refractivity contribution in [2.75, 3.05) is 0 Å². The van der Waals surface area contributed by atoms with Crippen molar-refractivity contribution in [3.63, 3.8) is 0 Å². The zero-order valence-electron chi connectivity index (χ0n) is 5.78. The van der Waals surface area contributed by atoms with Crippen LogP contribution in [-0.2, 0) is 9.57 Å². The van der Waals surface area contributed by atoms with Gasteiger partial charge in [0, 0.05) is 0 Å². The van der Waals surface area contributed by atoms with E-state index in [0.717, 1.165) is 31.4 Å². The van der Waals surface area contributed by atoms with Crippen molar-refractivity contribution in [3.05, 3.63) is 0 Å². The minimum Gasteiger partial charge on any atom is -0.292 e. The van der Waals surface area contributed by atoms with Gasteiger partial charge in [-0.3, -0.25) is 4.55 Å². The van der Waals surface area contributed by atoms with Crippen LogP contribution in [0.2, 0.25) is 12.1 Å². The van der Waals surface area contributed by atoms with Crippen molar-refractivity contribution in [1.29, 1.82) is 0 Å². The van der Waals surface area contributed by atoms with Crippen LogP contribution in [0.3, 0.4) is 0 Å². The Bertz CT molecular complexity index is 193. The predicted octanol–water partition coefficient (Wildman–Crippen LogP) is 0.782. The fourth-order valence-electron chi connectivity index (χ4n) is 1.36. The van der Waals surface area contributed by atoms with Crippen LogP contribution in [0.4, 0.5) is 0 Å². The molecule has 0 saturated carbocycles. The molecule has 10 heavy (non-hydrogen) atoms. The maximum Gasteiger partial charge on any atom is 0.224 e. The lowest BCUT2D eigenvalue weighted by Gasteiger charge is -2.15. The summed E-state index contributed by atoms with van der Waals surface area (Å²) in [5, 5.41) is 0. The van der Waals surface area contributed by atoms with E-state index in [2.05, 4.69) is 0 Å². The smallest absolute Gasteiger partial charge is 0.224 e. The van der Waals surface area contributed by atoms with Crippen LogP contribution >= 0.6 is 0 Å². The monoisotopic (exact) mass is 180 g/mol. The van der Waals surface area contributed by atoms with Crippen LogP contribution in [0, 0.1) is 0 Å². The van der Waals surface area contributed by atoms with Crippen LogP contribution in [0.5, 0.6) is 0 Å². The van der Waals surface area contributed by atoms with Gasteiger partial charge < -0.3 is 0 Å².